The fourth-order valence-corrected chi connectivity index (χ4v) is 1.11. The van der Waals surface area contributed by atoms with E-state index in [2.05, 4.69) is 5.32 Å². The minimum Gasteiger partial charge on any atom is -0.315 e. The van der Waals surface area contributed by atoms with Crippen LogP contribution in [0, 0.1) is 11.6 Å². The molecule has 0 aliphatic rings. The minimum atomic E-state index is -0.616. The Hall–Kier alpha value is -0.670. The lowest BCUT2D eigenvalue weighted by Crippen LogP contribution is -2.09. The van der Waals surface area contributed by atoms with Crippen molar-refractivity contribution in [2.45, 2.75) is 6.54 Å². The van der Waals surface area contributed by atoms with Gasteiger partial charge in [0.15, 0.2) is 0 Å². The van der Waals surface area contributed by atoms with E-state index in [0.717, 1.165) is 12.1 Å². The molecule has 1 aromatic carbocycles. The number of hydrogen-bond acceptors (Lipinski definition) is 1. The van der Waals surface area contributed by atoms with Crippen molar-refractivity contribution in [2.24, 2.45) is 0 Å². The topological polar surface area (TPSA) is 12.0 Å². The van der Waals surface area contributed by atoms with Crippen LogP contribution < -0.4 is 5.32 Å². The monoisotopic (exact) mass is 191 g/mol. The minimum absolute atomic E-state index is 0.0156. The molecule has 0 atom stereocenters. The molecule has 0 saturated heterocycles. The summed E-state index contributed by atoms with van der Waals surface area (Å²) in [4.78, 5) is 0. The number of benzene rings is 1. The van der Waals surface area contributed by atoms with E-state index in [9.17, 15) is 8.78 Å². The molecule has 0 spiro atoms. The first-order valence-corrected chi connectivity index (χ1v) is 3.81. The van der Waals surface area contributed by atoms with E-state index >= 15 is 0 Å². The van der Waals surface area contributed by atoms with Crippen LogP contribution in [0.15, 0.2) is 12.1 Å². The van der Waals surface area contributed by atoms with E-state index in [-0.39, 0.29) is 17.1 Å². The average Bonchev–Trinajstić information content (AvgIpc) is 1.96. The van der Waals surface area contributed by atoms with E-state index in [1.807, 2.05) is 0 Å². The van der Waals surface area contributed by atoms with Crippen LogP contribution in [0.25, 0.3) is 0 Å². The Balaban J connectivity index is 3.10. The summed E-state index contributed by atoms with van der Waals surface area (Å²) >= 11 is 5.42. The van der Waals surface area contributed by atoms with Crippen LogP contribution in [-0.4, -0.2) is 7.05 Å². The van der Waals surface area contributed by atoms with Gasteiger partial charge in [0.05, 0.1) is 0 Å². The molecular formula is C8H8ClF2N. The van der Waals surface area contributed by atoms with E-state index in [4.69, 9.17) is 11.6 Å². The Bertz CT molecular complexity index is 265. The van der Waals surface area contributed by atoms with Crippen molar-refractivity contribution in [1.29, 1.82) is 0 Å². The van der Waals surface area contributed by atoms with Crippen LogP contribution >= 0.6 is 11.6 Å². The summed E-state index contributed by atoms with van der Waals surface area (Å²) in [6, 6.07) is 2.19. The second-order valence-electron chi connectivity index (χ2n) is 2.38. The number of nitrogens with one attached hydrogen (secondary N) is 1. The van der Waals surface area contributed by atoms with Gasteiger partial charge < -0.3 is 5.32 Å². The first-order valence-electron chi connectivity index (χ1n) is 3.43. The zero-order chi connectivity index (χ0) is 9.14. The van der Waals surface area contributed by atoms with Gasteiger partial charge in [-0.25, -0.2) is 8.78 Å². The number of rotatable bonds is 2. The van der Waals surface area contributed by atoms with Crippen LogP contribution in [0.2, 0.25) is 5.02 Å². The summed E-state index contributed by atoms with van der Waals surface area (Å²) in [5.41, 5.74) is 0.0156. The van der Waals surface area contributed by atoms with Crippen LogP contribution in [0.4, 0.5) is 8.78 Å². The molecule has 0 bridgehead atoms. The highest BCUT2D eigenvalue weighted by Crippen LogP contribution is 2.18. The van der Waals surface area contributed by atoms with Gasteiger partial charge in [-0.3, -0.25) is 0 Å². The molecule has 0 saturated carbocycles. The molecule has 1 rings (SSSR count). The summed E-state index contributed by atoms with van der Waals surface area (Å²) in [6.07, 6.45) is 0. The Morgan fingerprint density at radius 3 is 2.25 bits per heavy atom. The molecule has 1 aromatic rings. The van der Waals surface area contributed by atoms with Crippen molar-refractivity contribution in [2.75, 3.05) is 7.05 Å². The van der Waals surface area contributed by atoms with E-state index < -0.39 is 11.6 Å². The highest BCUT2D eigenvalue weighted by Gasteiger charge is 2.08. The van der Waals surface area contributed by atoms with Gasteiger partial charge in [-0.1, -0.05) is 11.6 Å². The maximum absolute atomic E-state index is 12.9. The molecule has 0 unspecified atom stereocenters. The van der Waals surface area contributed by atoms with Gasteiger partial charge in [-0.2, -0.15) is 0 Å². The maximum Gasteiger partial charge on any atom is 0.132 e. The summed E-state index contributed by atoms with van der Waals surface area (Å²) in [7, 11) is 1.62. The molecule has 66 valence electrons. The summed E-state index contributed by atoms with van der Waals surface area (Å²) in [6.45, 7) is 0.162. The standard InChI is InChI=1S/C8H8ClF2N/c1-12-4-6-7(10)2-5(9)3-8(6)11/h2-3,12H,4H2,1H3. The highest BCUT2D eigenvalue weighted by molar-refractivity contribution is 6.30. The predicted molar refractivity (Wildman–Crippen MR) is 44.1 cm³/mol. The highest BCUT2D eigenvalue weighted by atomic mass is 35.5. The number of hydrogen-bond donors (Lipinski definition) is 1. The molecule has 12 heavy (non-hydrogen) atoms. The van der Waals surface area contributed by atoms with Crippen LogP contribution in [0.3, 0.4) is 0 Å². The molecule has 1 N–H and O–H groups in total. The lowest BCUT2D eigenvalue weighted by Gasteiger charge is -2.03. The molecule has 4 heteroatoms. The SMILES string of the molecule is CNCc1c(F)cc(Cl)cc1F. The smallest absolute Gasteiger partial charge is 0.132 e. The normalized spacial score (nSPS) is 10.3. The van der Waals surface area contributed by atoms with Crippen molar-refractivity contribution < 1.29 is 8.78 Å². The van der Waals surface area contributed by atoms with Gasteiger partial charge in [0.25, 0.3) is 0 Å². The van der Waals surface area contributed by atoms with Crippen molar-refractivity contribution in [3.8, 4) is 0 Å². The molecule has 0 aromatic heterocycles. The first-order chi connectivity index (χ1) is 5.65. The molecular weight excluding hydrogens is 184 g/mol. The summed E-state index contributed by atoms with van der Waals surface area (Å²) in [5, 5.41) is 2.74. The van der Waals surface area contributed by atoms with Crippen molar-refractivity contribution in [1.82, 2.24) is 5.32 Å². The van der Waals surface area contributed by atoms with E-state index in [0.29, 0.717) is 0 Å². The van der Waals surface area contributed by atoms with Crippen molar-refractivity contribution in [3.63, 3.8) is 0 Å². The van der Waals surface area contributed by atoms with Crippen LogP contribution in [0.5, 0.6) is 0 Å². The van der Waals surface area contributed by atoms with Gasteiger partial charge in [-0.15, -0.1) is 0 Å². The van der Waals surface area contributed by atoms with Gasteiger partial charge in [0, 0.05) is 17.1 Å². The van der Waals surface area contributed by atoms with Gasteiger partial charge >= 0.3 is 0 Å². The fourth-order valence-electron chi connectivity index (χ4n) is 0.918. The van der Waals surface area contributed by atoms with Crippen LogP contribution in [-0.2, 0) is 6.54 Å². The molecule has 0 aliphatic heterocycles. The Kier molecular flexibility index (Phi) is 3.00. The van der Waals surface area contributed by atoms with Crippen molar-refractivity contribution >= 4 is 11.6 Å². The number of halogens is 3. The second kappa shape index (κ2) is 3.83. The first kappa shape index (κ1) is 9.42. The second-order valence-corrected chi connectivity index (χ2v) is 2.81. The van der Waals surface area contributed by atoms with Crippen molar-refractivity contribution in [3.05, 3.63) is 34.4 Å². The molecule has 0 radical (unpaired) electrons. The molecule has 0 amide bonds. The molecule has 0 fully saturated rings. The summed E-state index contributed by atoms with van der Waals surface area (Å²) in [5.74, 6) is -1.23. The van der Waals surface area contributed by atoms with Gasteiger partial charge in [0.2, 0.25) is 0 Å². The molecule has 0 aliphatic carbocycles. The maximum atomic E-state index is 12.9. The van der Waals surface area contributed by atoms with Crippen LogP contribution in [0.1, 0.15) is 5.56 Å². The Morgan fingerprint density at radius 1 is 1.33 bits per heavy atom. The average molecular weight is 192 g/mol. The largest absolute Gasteiger partial charge is 0.315 e. The zero-order valence-corrected chi connectivity index (χ0v) is 7.25. The van der Waals surface area contributed by atoms with E-state index in [1.54, 1.807) is 7.05 Å². The van der Waals surface area contributed by atoms with Gasteiger partial charge in [-0.05, 0) is 19.2 Å². The Labute approximate surface area is 74.3 Å². The lowest BCUT2D eigenvalue weighted by molar-refractivity contribution is 0.546. The van der Waals surface area contributed by atoms with Gasteiger partial charge in [0.1, 0.15) is 11.6 Å². The third-order valence-electron chi connectivity index (χ3n) is 1.46. The Morgan fingerprint density at radius 2 is 1.83 bits per heavy atom. The third kappa shape index (κ3) is 1.93. The predicted octanol–water partition coefficient (Wildman–Crippen LogP) is 2.34. The molecule has 0 heterocycles. The quantitative estimate of drug-likeness (QED) is 0.757. The summed E-state index contributed by atoms with van der Waals surface area (Å²) < 4.78 is 25.9. The third-order valence-corrected chi connectivity index (χ3v) is 1.68. The zero-order valence-electron chi connectivity index (χ0n) is 6.50. The molecule has 1 nitrogen and oxygen atoms in total. The lowest BCUT2D eigenvalue weighted by atomic mass is 10.2. The fraction of sp³-hybridized carbons (Fsp3) is 0.250. The van der Waals surface area contributed by atoms with E-state index in [1.165, 1.54) is 0 Å².